The molecule has 0 radical (unpaired) electrons. The Balaban J connectivity index is 1.65. The van der Waals surface area contributed by atoms with Crippen molar-refractivity contribution in [2.75, 3.05) is 0 Å². The number of amides is 1. The molecule has 26 heavy (non-hydrogen) atoms. The van der Waals surface area contributed by atoms with Crippen molar-refractivity contribution in [2.24, 2.45) is 5.92 Å². The quantitative estimate of drug-likeness (QED) is 0.655. The number of fused-ring (bicyclic) bond motifs is 1. The molecule has 8 heteroatoms. The first-order chi connectivity index (χ1) is 12.6. The topological polar surface area (TPSA) is 108 Å². The summed E-state index contributed by atoms with van der Waals surface area (Å²) in [6.45, 7) is 0. The third kappa shape index (κ3) is 3.20. The van der Waals surface area contributed by atoms with E-state index in [1.807, 2.05) is 17.5 Å². The van der Waals surface area contributed by atoms with Crippen molar-refractivity contribution in [2.45, 2.75) is 31.7 Å². The van der Waals surface area contributed by atoms with E-state index in [1.165, 1.54) is 25.1 Å². The Labute approximate surface area is 152 Å². The maximum atomic E-state index is 12.8. The van der Waals surface area contributed by atoms with E-state index in [9.17, 15) is 14.4 Å². The molecule has 134 valence electrons. The third-order valence-electron chi connectivity index (χ3n) is 4.86. The summed E-state index contributed by atoms with van der Waals surface area (Å²) in [7, 11) is 0. The summed E-state index contributed by atoms with van der Waals surface area (Å²) < 4.78 is 0. The summed E-state index contributed by atoms with van der Waals surface area (Å²) in [5, 5.41) is 5.32. The second-order valence-electron chi connectivity index (χ2n) is 6.54. The highest BCUT2D eigenvalue weighted by Crippen LogP contribution is 2.37. The summed E-state index contributed by atoms with van der Waals surface area (Å²) in [5.41, 5.74) is -0.710. The van der Waals surface area contributed by atoms with Crippen molar-refractivity contribution in [1.82, 2.24) is 20.3 Å². The zero-order valence-electron chi connectivity index (χ0n) is 14.0. The number of nitrogens with one attached hydrogen (secondary N) is 3. The van der Waals surface area contributed by atoms with E-state index in [-0.39, 0.29) is 23.0 Å². The normalized spacial score (nSPS) is 16.0. The highest BCUT2D eigenvalue weighted by atomic mass is 32.1. The highest BCUT2D eigenvalue weighted by molar-refractivity contribution is 7.10. The Hall–Kier alpha value is -2.74. The maximum Gasteiger partial charge on any atom is 0.327 e. The zero-order chi connectivity index (χ0) is 18.1. The van der Waals surface area contributed by atoms with Crippen LogP contribution in [0, 0.1) is 5.92 Å². The Morgan fingerprint density at radius 2 is 2.08 bits per heavy atom. The second kappa shape index (κ2) is 6.87. The summed E-state index contributed by atoms with van der Waals surface area (Å²) in [5.74, 6) is 0.154. The van der Waals surface area contributed by atoms with Gasteiger partial charge in [0.05, 0.1) is 17.0 Å². The van der Waals surface area contributed by atoms with Crippen LogP contribution >= 0.6 is 11.3 Å². The van der Waals surface area contributed by atoms with E-state index in [0.717, 1.165) is 17.7 Å². The van der Waals surface area contributed by atoms with Gasteiger partial charge in [-0.25, -0.2) is 9.78 Å². The van der Waals surface area contributed by atoms with Crippen LogP contribution in [0.5, 0.6) is 0 Å². The molecular formula is C18H18N4O3S. The van der Waals surface area contributed by atoms with Gasteiger partial charge in [0, 0.05) is 11.1 Å². The van der Waals surface area contributed by atoms with Gasteiger partial charge >= 0.3 is 5.69 Å². The molecule has 3 heterocycles. The summed E-state index contributed by atoms with van der Waals surface area (Å²) in [6, 6.07) is 5.46. The summed E-state index contributed by atoms with van der Waals surface area (Å²) in [4.78, 5) is 45.9. The fourth-order valence-electron chi connectivity index (χ4n) is 3.58. The number of H-pyrrole nitrogens is 2. The van der Waals surface area contributed by atoms with E-state index in [1.54, 1.807) is 11.3 Å². The number of rotatable bonds is 4. The number of carbonyl (C=O) groups excluding carboxylic acids is 1. The largest absolute Gasteiger partial charge is 0.344 e. The molecule has 4 rings (SSSR count). The van der Waals surface area contributed by atoms with Crippen molar-refractivity contribution < 1.29 is 4.79 Å². The first-order valence-electron chi connectivity index (χ1n) is 8.58. The van der Waals surface area contributed by atoms with Crippen LogP contribution < -0.4 is 16.6 Å². The molecule has 0 spiro atoms. The second-order valence-corrected chi connectivity index (χ2v) is 7.52. The van der Waals surface area contributed by atoms with E-state index >= 15 is 0 Å². The molecule has 3 aromatic rings. The minimum absolute atomic E-state index is 0.0328. The predicted octanol–water partition coefficient (Wildman–Crippen LogP) is 2.33. The molecule has 0 unspecified atom stereocenters. The van der Waals surface area contributed by atoms with Crippen LogP contribution in [0.25, 0.3) is 11.0 Å². The molecule has 1 saturated carbocycles. The molecule has 1 aliphatic rings. The first-order valence-corrected chi connectivity index (χ1v) is 9.46. The van der Waals surface area contributed by atoms with Crippen LogP contribution in [0.2, 0.25) is 0 Å². The number of carbonyl (C=O) groups is 1. The number of hydrogen-bond acceptors (Lipinski definition) is 5. The van der Waals surface area contributed by atoms with Crippen LogP contribution in [0.15, 0.2) is 39.4 Å². The number of hydrogen-bond donors (Lipinski definition) is 3. The van der Waals surface area contributed by atoms with Gasteiger partial charge in [0.25, 0.3) is 11.5 Å². The highest BCUT2D eigenvalue weighted by Gasteiger charge is 2.28. The minimum Gasteiger partial charge on any atom is -0.344 e. The van der Waals surface area contributed by atoms with Gasteiger partial charge in [-0.15, -0.1) is 11.3 Å². The molecule has 1 amide bonds. The monoisotopic (exact) mass is 370 g/mol. The summed E-state index contributed by atoms with van der Waals surface area (Å²) >= 11 is 1.64. The van der Waals surface area contributed by atoms with Crippen molar-refractivity contribution in [3.63, 3.8) is 0 Å². The van der Waals surface area contributed by atoms with Crippen LogP contribution in [0.1, 0.15) is 47.0 Å². The van der Waals surface area contributed by atoms with Crippen molar-refractivity contribution in [1.29, 1.82) is 0 Å². The molecule has 0 aliphatic heterocycles. The fraction of sp³-hybridized carbons (Fsp3) is 0.333. The predicted molar refractivity (Wildman–Crippen MR) is 99.5 cm³/mol. The van der Waals surface area contributed by atoms with Gasteiger partial charge in [-0.3, -0.25) is 19.6 Å². The van der Waals surface area contributed by atoms with Crippen LogP contribution in [0.3, 0.4) is 0 Å². The van der Waals surface area contributed by atoms with Gasteiger partial charge in [-0.2, -0.15) is 0 Å². The lowest BCUT2D eigenvalue weighted by atomic mass is 9.96. The smallest absolute Gasteiger partial charge is 0.327 e. The van der Waals surface area contributed by atoms with Crippen LogP contribution in [-0.4, -0.2) is 20.9 Å². The lowest BCUT2D eigenvalue weighted by molar-refractivity contribution is 0.0922. The SMILES string of the molecule is O=C(N[C@@H](c1cccs1)C1CCCC1)c1cnc2[nH]c(=O)[nH]c(=O)c2c1. The van der Waals surface area contributed by atoms with Crippen LogP contribution in [-0.2, 0) is 0 Å². The Morgan fingerprint density at radius 3 is 2.81 bits per heavy atom. The van der Waals surface area contributed by atoms with Gasteiger partial charge in [0.1, 0.15) is 5.65 Å². The van der Waals surface area contributed by atoms with Crippen molar-refractivity contribution in [3.8, 4) is 0 Å². The molecule has 3 aromatic heterocycles. The van der Waals surface area contributed by atoms with Crippen molar-refractivity contribution >= 4 is 28.3 Å². The van der Waals surface area contributed by atoms with E-state index in [2.05, 4.69) is 20.3 Å². The van der Waals surface area contributed by atoms with Gasteiger partial charge in [0.15, 0.2) is 0 Å². The lowest BCUT2D eigenvalue weighted by Gasteiger charge is -2.23. The van der Waals surface area contributed by atoms with E-state index < -0.39 is 11.2 Å². The van der Waals surface area contributed by atoms with Crippen molar-refractivity contribution in [3.05, 3.63) is 61.1 Å². The van der Waals surface area contributed by atoms with Gasteiger partial charge in [-0.1, -0.05) is 18.9 Å². The number of aromatic nitrogens is 3. The standard InChI is InChI=1S/C18H18N4O3S/c23-16(11-8-12-15(19-9-11)21-18(25)22-17(12)24)20-14(10-4-1-2-5-10)13-6-3-7-26-13/h3,6-10,14H,1-2,4-5H2,(H,20,23)(H2,19,21,22,24,25)/t14-/m1/s1. The molecule has 1 aliphatic carbocycles. The lowest BCUT2D eigenvalue weighted by Crippen LogP contribution is -2.32. The number of aromatic amines is 2. The van der Waals surface area contributed by atoms with Gasteiger partial charge in [0.2, 0.25) is 0 Å². The average Bonchev–Trinajstić information content (AvgIpc) is 3.33. The maximum absolute atomic E-state index is 12.8. The van der Waals surface area contributed by atoms with E-state index in [0.29, 0.717) is 11.5 Å². The average molecular weight is 370 g/mol. The summed E-state index contributed by atoms with van der Waals surface area (Å²) in [6.07, 6.45) is 5.94. The fourth-order valence-corrected chi connectivity index (χ4v) is 4.45. The molecule has 1 fully saturated rings. The molecule has 3 N–H and O–H groups in total. The molecule has 0 bridgehead atoms. The van der Waals surface area contributed by atoms with Crippen LogP contribution in [0.4, 0.5) is 0 Å². The zero-order valence-corrected chi connectivity index (χ0v) is 14.8. The number of pyridine rings is 1. The Morgan fingerprint density at radius 1 is 1.27 bits per heavy atom. The first kappa shape index (κ1) is 16.7. The van der Waals surface area contributed by atoms with Gasteiger partial charge < -0.3 is 5.32 Å². The number of nitrogens with zero attached hydrogens (tertiary/aromatic N) is 1. The Kier molecular flexibility index (Phi) is 4.42. The molecule has 0 saturated heterocycles. The molecule has 1 atom stereocenters. The minimum atomic E-state index is -0.619. The Bertz CT molecular complexity index is 1050. The van der Waals surface area contributed by atoms with Gasteiger partial charge in [-0.05, 0) is 36.3 Å². The molecule has 0 aromatic carbocycles. The molecular weight excluding hydrogens is 352 g/mol. The van der Waals surface area contributed by atoms with E-state index in [4.69, 9.17) is 0 Å². The molecule has 7 nitrogen and oxygen atoms in total. The third-order valence-corrected chi connectivity index (χ3v) is 5.82. The number of thiophene rings is 1.